The van der Waals surface area contributed by atoms with Gasteiger partial charge in [0.25, 0.3) is 5.56 Å². The highest BCUT2D eigenvalue weighted by Gasteiger charge is 2.10. The molecule has 2 aromatic rings. The minimum Gasteiger partial charge on any atom is -0.461 e. The Kier molecular flexibility index (Phi) is 5.11. The van der Waals surface area contributed by atoms with Crippen LogP contribution in [0.4, 0.5) is 0 Å². The topological polar surface area (TPSA) is 105 Å². The highest BCUT2D eigenvalue weighted by atomic mass is 35.5. The SMILES string of the molecule is Cc1[nH]c(=O)[nH]c(=O)c1CCC(=O)OCc1ccc(Cl)nc1. The summed E-state index contributed by atoms with van der Waals surface area (Å²) in [6.45, 7) is 1.70. The number of carbonyl (C=O) groups excluding carboxylic acids is 1. The van der Waals surface area contributed by atoms with Crippen LogP contribution in [0, 0.1) is 6.92 Å². The van der Waals surface area contributed by atoms with Gasteiger partial charge in [-0.05, 0) is 19.4 Å². The number of ether oxygens (including phenoxy) is 1. The van der Waals surface area contributed by atoms with Crippen molar-refractivity contribution in [3.63, 3.8) is 0 Å². The van der Waals surface area contributed by atoms with Gasteiger partial charge in [-0.1, -0.05) is 17.7 Å². The Morgan fingerprint density at radius 1 is 1.32 bits per heavy atom. The van der Waals surface area contributed by atoms with Crippen LogP contribution in [-0.4, -0.2) is 20.9 Å². The number of hydrogen-bond donors (Lipinski definition) is 2. The molecule has 0 saturated heterocycles. The van der Waals surface area contributed by atoms with E-state index in [0.717, 1.165) is 5.56 Å². The number of aromatic amines is 2. The fraction of sp³-hybridized carbons (Fsp3) is 0.286. The fourth-order valence-electron chi connectivity index (χ4n) is 1.88. The van der Waals surface area contributed by atoms with Crippen LogP contribution in [0.5, 0.6) is 0 Å². The second-order valence-corrected chi connectivity index (χ2v) is 5.05. The molecule has 0 fully saturated rings. The Morgan fingerprint density at radius 3 is 2.73 bits per heavy atom. The lowest BCUT2D eigenvalue weighted by Gasteiger charge is -2.06. The Morgan fingerprint density at radius 2 is 2.09 bits per heavy atom. The first kappa shape index (κ1) is 16.0. The van der Waals surface area contributed by atoms with Crippen LogP contribution < -0.4 is 11.2 Å². The molecular formula is C14H14ClN3O4. The average Bonchev–Trinajstić information content (AvgIpc) is 2.45. The number of aromatic nitrogens is 3. The zero-order valence-corrected chi connectivity index (χ0v) is 12.6. The van der Waals surface area contributed by atoms with Gasteiger partial charge in [0, 0.05) is 29.4 Å². The van der Waals surface area contributed by atoms with E-state index >= 15 is 0 Å². The van der Waals surface area contributed by atoms with Crippen molar-refractivity contribution in [2.75, 3.05) is 0 Å². The molecule has 0 aliphatic carbocycles. The molecule has 0 amide bonds. The molecule has 8 heteroatoms. The highest BCUT2D eigenvalue weighted by Crippen LogP contribution is 2.07. The third kappa shape index (κ3) is 4.29. The molecule has 116 valence electrons. The molecule has 0 spiro atoms. The van der Waals surface area contributed by atoms with E-state index in [2.05, 4.69) is 15.0 Å². The second kappa shape index (κ2) is 7.04. The van der Waals surface area contributed by atoms with Crippen molar-refractivity contribution in [2.24, 2.45) is 0 Å². The van der Waals surface area contributed by atoms with Crippen LogP contribution in [0.15, 0.2) is 27.9 Å². The van der Waals surface area contributed by atoms with Crippen LogP contribution in [0.25, 0.3) is 0 Å². The standard InChI is InChI=1S/C14H14ClN3O4/c1-8-10(13(20)18-14(21)17-8)3-5-12(19)22-7-9-2-4-11(15)16-6-9/h2,4,6H,3,5,7H2,1H3,(H2,17,18,20,21). The maximum atomic E-state index is 11.7. The third-order valence-corrected chi connectivity index (χ3v) is 3.25. The molecule has 0 aliphatic rings. The van der Waals surface area contributed by atoms with E-state index in [1.165, 1.54) is 6.20 Å². The van der Waals surface area contributed by atoms with Crippen molar-refractivity contribution >= 4 is 17.6 Å². The number of halogens is 1. The number of aryl methyl sites for hydroxylation is 1. The molecule has 0 radical (unpaired) electrons. The van der Waals surface area contributed by atoms with Gasteiger partial charge in [-0.2, -0.15) is 0 Å². The molecule has 0 bridgehead atoms. The monoisotopic (exact) mass is 323 g/mol. The molecule has 7 nitrogen and oxygen atoms in total. The molecule has 0 atom stereocenters. The fourth-order valence-corrected chi connectivity index (χ4v) is 1.99. The molecular weight excluding hydrogens is 310 g/mol. The molecule has 0 aromatic carbocycles. The maximum Gasteiger partial charge on any atom is 0.325 e. The van der Waals surface area contributed by atoms with Crippen molar-refractivity contribution in [1.82, 2.24) is 15.0 Å². The van der Waals surface area contributed by atoms with Crippen molar-refractivity contribution in [1.29, 1.82) is 0 Å². The zero-order valence-electron chi connectivity index (χ0n) is 11.8. The first-order valence-electron chi connectivity index (χ1n) is 6.54. The van der Waals surface area contributed by atoms with Crippen molar-refractivity contribution in [3.05, 3.63) is 61.1 Å². The number of pyridine rings is 1. The number of H-pyrrole nitrogens is 2. The van der Waals surface area contributed by atoms with Crippen LogP contribution in [0.1, 0.15) is 23.2 Å². The molecule has 2 N–H and O–H groups in total. The predicted molar refractivity (Wildman–Crippen MR) is 79.8 cm³/mol. The summed E-state index contributed by atoms with van der Waals surface area (Å²) in [6.07, 6.45) is 1.75. The Bertz CT molecular complexity index is 780. The van der Waals surface area contributed by atoms with Crippen LogP contribution >= 0.6 is 11.6 Å². The third-order valence-electron chi connectivity index (χ3n) is 3.02. The van der Waals surface area contributed by atoms with Gasteiger partial charge in [-0.15, -0.1) is 0 Å². The van der Waals surface area contributed by atoms with Crippen molar-refractivity contribution in [2.45, 2.75) is 26.4 Å². The van der Waals surface area contributed by atoms with E-state index in [1.54, 1.807) is 19.1 Å². The van der Waals surface area contributed by atoms with E-state index in [-0.39, 0.29) is 19.4 Å². The van der Waals surface area contributed by atoms with Gasteiger partial charge in [0.05, 0.1) is 0 Å². The predicted octanol–water partition coefficient (Wildman–Crippen LogP) is 1.10. The highest BCUT2D eigenvalue weighted by molar-refractivity contribution is 6.29. The lowest BCUT2D eigenvalue weighted by atomic mass is 10.1. The molecule has 2 aromatic heterocycles. The first-order valence-corrected chi connectivity index (χ1v) is 6.91. The zero-order chi connectivity index (χ0) is 16.1. The largest absolute Gasteiger partial charge is 0.461 e. The Hall–Kier alpha value is -2.41. The number of nitrogens with zero attached hydrogens (tertiary/aromatic N) is 1. The van der Waals surface area contributed by atoms with Gasteiger partial charge in [0.1, 0.15) is 11.8 Å². The minimum absolute atomic E-state index is 0.0387. The molecule has 2 rings (SSSR count). The normalized spacial score (nSPS) is 10.5. The summed E-state index contributed by atoms with van der Waals surface area (Å²) in [5.74, 6) is -0.444. The van der Waals surface area contributed by atoms with Gasteiger partial charge < -0.3 is 9.72 Å². The van der Waals surface area contributed by atoms with Gasteiger partial charge in [-0.25, -0.2) is 9.78 Å². The van der Waals surface area contributed by atoms with Gasteiger partial charge in [0.2, 0.25) is 0 Å². The van der Waals surface area contributed by atoms with Gasteiger partial charge in [0.15, 0.2) is 0 Å². The van der Waals surface area contributed by atoms with E-state index in [9.17, 15) is 14.4 Å². The van der Waals surface area contributed by atoms with Crippen molar-refractivity contribution in [3.8, 4) is 0 Å². The van der Waals surface area contributed by atoms with E-state index < -0.39 is 17.2 Å². The first-order chi connectivity index (χ1) is 10.5. The van der Waals surface area contributed by atoms with Crippen LogP contribution in [0.2, 0.25) is 5.15 Å². The van der Waals surface area contributed by atoms with E-state index in [0.29, 0.717) is 16.4 Å². The summed E-state index contributed by atoms with van der Waals surface area (Å²) in [5, 5.41) is 0.364. The van der Waals surface area contributed by atoms with Gasteiger partial charge >= 0.3 is 11.7 Å². The van der Waals surface area contributed by atoms with Crippen LogP contribution in [0.3, 0.4) is 0 Å². The molecule has 0 aliphatic heterocycles. The Labute approximate surface area is 130 Å². The molecule has 0 saturated carbocycles. The average molecular weight is 324 g/mol. The quantitative estimate of drug-likeness (QED) is 0.633. The summed E-state index contributed by atoms with van der Waals surface area (Å²) in [6, 6.07) is 3.31. The number of hydrogen-bond acceptors (Lipinski definition) is 5. The molecule has 22 heavy (non-hydrogen) atoms. The number of esters is 1. The number of rotatable bonds is 5. The van der Waals surface area contributed by atoms with E-state index in [4.69, 9.17) is 16.3 Å². The number of carbonyl (C=O) groups is 1. The summed E-state index contributed by atoms with van der Waals surface area (Å²) >= 11 is 5.66. The summed E-state index contributed by atoms with van der Waals surface area (Å²) < 4.78 is 5.09. The lowest BCUT2D eigenvalue weighted by molar-refractivity contribution is -0.144. The van der Waals surface area contributed by atoms with Crippen LogP contribution in [-0.2, 0) is 22.6 Å². The summed E-state index contributed by atoms with van der Waals surface area (Å²) in [5.41, 5.74) is 0.476. The van der Waals surface area contributed by atoms with Gasteiger partial charge in [-0.3, -0.25) is 14.6 Å². The minimum atomic E-state index is -0.566. The summed E-state index contributed by atoms with van der Waals surface area (Å²) in [7, 11) is 0. The second-order valence-electron chi connectivity index (χ2n) is 4.66. The molecule has 2 heterocycles. The van der Waals surface area contributed by atoms with Crippen molar-refractivity contribution < 1.29 is 9.53 Å². The summed E-state index contributed by atoms with van der Waals surface area (Å²) in [4.78, 5) is 42.9. The maximum absolute atomic E-state index is 11.7. The van der Waals surface area contributed by atoms with E-state index in [1.807, 2.05) is 0 Å². The smallest absolute Gasteiger partial charge is 0.325 e. The molecule has 0 unspecified atom stereocenters. The number of nitrogens with one attached hydrogen (secondary N) is 2. The Balaban J connectivity index is 1.89. The lowest BCUT2D eigenvalue weighted by Crippen LogP contribution is -2.27.